The SMILES string of the molecule is O=C(NCc1ccc(-c2ccccc2)c2ccncc12)c1ccc(Br)cc1. The lowest BCUT2D eigenvalue weighted by molar-refractivity contribution is 0.0951. The lowest BCUT2D eigenvalue weighted by Gasteiger charge is -2.12. The molecule has 132 valence electrons. The molecule has 4 heteroatoms. The zero-order valence-electron chi connectivity index (χ0n) is 14.5. The van der Waals surface area contributed by atoms with Gasteiger partial charge in [-0.05, 0) is 52.4 Å². The highest BCUT2D eigenvalue weighted by molar-refractivity contribution is 9.10. The minimum Gasteiger partial charge on any atom is -0.348 e. The molecule has 1 heterocycles. The number of carbonyl (C=O) groups excluding carboxylic acids is 1. The number of aromatic nitrogens is 1. The summed E-state index contributed by atoms with van der Waals surface area (Å²) in [4.78, 5) is 16.7. The van der Waals surface area contributed by atoms with Crippen LogP contribution in [0.4, 0.5) is 0 Å². The zero-order chi connectivity index (χ0) is 18.6. The second-order valence-electron chi connectivity index (χ2n) is 6.25. The van der Waals surface area contributed by atoms with Gasteiger partial charge in [-0.25, -0.2) is 0 Å². The van der Waals surface area contributed by atoms with Crippen molar-refractivity contribution in [2.24, 2.45) is 0 Å². The maximum Gasteiger partial charge on any atom is 0.251 e. The first-order valence-electron chi connectivity index (χ1n) is 8.67. The molecule has 0 aliphatic heterocycles. The topological polar surface area (TPSA) is 42.0 Å². The third-order valence-corrected chi connectivity index (χ3v) is 5.07. The van der Waals surface area contributed by atoms with Gasteiger partial charge in [-0.3, -0.25) is 9.78 Å². The number of hydrogen-bond acceptors (Lipinski definition) is 2. The molecular formula is C23H17BrN2O. The maximum atomic E-state index is 12.4. The van der Waals surface area contributed by atoms with Gasteiger partial charge >= 0.3 is 0 Å². The van der Waals surface area contributed by atoms with Gasteiger partial charge in [0.2, 0.25) is 0 Å². The summed E-state index contributed by atoms with van der Waals surface area (Å²) in [6.07, 6.45) is 3.67. The predicted molar refractivity (Wildman–Crippen MR) is 112 cm³/mol. The summed E-state index contributed by atoms with van der Waals surface area (Å²) in [7, 11) is 0. The Morgan fingerprint density at radius 2 is 1.67 bits per heavy atom. The van der Waals surface area contributed by atoms with E-state index in [1.807, 2.05) is 42.6 Å². The van der Waals surface area contributed by atoms with E-state index in [-0.39, 0.29) is 5.91 Å². The molecule has 0 radical (unpaired) electrons. The van der Waals surface area contributed by atoms with Crippen molar-refractivity contribution in [3.8, 4) is 11.1 Å². The smallest absolute Gasteiger partial charge is 0.251 e. The first-order valence-corrected chi connectivity index (χ1v) is 9.46. The van der Waals surface area contributed by atoms with Crippen molar-refractivity contribution < 1.29 is 4.79 Å². The van der Waals surface area contributed by atoms with Crippen molar-refractivity contribution >= 4 is 32.6 Å². The van der Waals surface area contributed by atoms with Crippen LogP contribution in [0.25, 0.3) is 21.9 Å². The molecule has 3 nitrogen and oxygen atoms in total. The van der Waals surface area contributed by atoms with Gasteiger partial charge in [0.15, 0.2) is 0 Å². The molecule has 4 aromatic rings. The number of nitrogens with one attached hydrogen (secondary N) is 1. The molecule has 0 fully saturated rings. The summed E-state index contributed by atoms with van der Waals surface area (Å²) in [6, 6.07) is 23.8. The Hall–Kier alpha value is -2.98. The average molecular weight is 417 g/mol. The normalized spacial score (nSPS) is 10.7. The first kappa shape index (κ1) is 17.4. The van der Waals surface area contributed by atoms with Gasteiger partial charge in [-0.2, -0.15) is 0 Å². The highest BCUT2D eigenvalue weighted by Gasteiger charge is 2.10. The Morgan fingerprint density at radius 3 is 2.44 bits per heavy atom. The first-order chi connectivity index (χ1) is 13.2. The minimum absolute atomic E-state index is 0.0910. The van der Waals surface area contributed by atoms with E-state index >= 15 is 0 Å². The monoisotopic (exact) mass is 416 g/mol. The van der Waals surface area contributed by atoms with E-state index in [9.17, 15) is 4.79 Å². The van der Waals surface area contributed by atoms with Gasteiger partial charge in [0.25, 0.3) is 5.91 Å². The predicted octanol–water partition coefficient (Wildman–Crippen LogP) is 5.59. The summed E-state index contributed by atoms with van der Waals surface area (Å²) < 4.78 is 0.951. The van der Waals surface area contributed by atoms with Crippen LogP contribution in [0.3, 0.4) is 0 Å². The van der Waals surface area contributed by atoms with Crippen molar-refractivity contribution in [1.82, 2.24) is 10.3 Å². The Morgan fingerprint density at radius 1 is 0.889 bits per heavy atom. The number of fused-ring (bicyclic) bond motifs is 1. The van der Waals surface area contributed by atoms with Gasteiger partial charge in [-0.1, -0.05) is 58.4 Å². The van der Waals surface area contributed by atoms with E-state index in [2.05, 4.69) is 50.5 Å². The number of benzene rings is 3. The third-order valence-electron chi connectivity index (χ3n) is 4.54. The lowest BCUT2D eigenvalue weighted by Crippen LogP contribution is -2.22. The van der Waals surface area contributed by atoms with Crippen LogP contribution in [0.2, 0.25) is 0 Å². The molecule has 0 spiro atoms. The molecule has 0 aliphatic carbocycles. The molecule has 0 atom stereocenters. The van der Waals surface area contributed by atoms with Gasteiger partial charge in [-0.15, -0.1) is 0 Å². The molecule has 0 bridgehead atoms. The molecule has 0 saturated heterocycles. The highest BCUT2D eigenvalue weighted by atomic mass is 79.9. The maximum absolute atomic E-state index is 12.4. The molecule has 1 amide bonds. The van der Waals surface area contributed by atoms with Crippen molar-refractivity contribution in [2.75, 3.05) is 0 Å². The summed E-state index contributed by atoms with van der Waals surface area (Å²) in [6.45, 7) is 0.451. The van der Waals surface area contributed by atoms with Crippen LogP contribution in [0, 0.1) is 0 Å². The number of halogens is 1. The summed E-state index contributed by atoms with van der Waals surface area (Å²) in [5, 5.41) is 5.19. The molecule has 0 saturated carbocycles. The van der Waals surface area contributed by atoms with Gasteiger partial charge in [0.1, 0.15) is 0 Å². The molecular weight excluding hydrogens is 400 g/mol. The van der Waals surface area contributed by atoms with Gasteiger partial charge < -0.3 is 5.32 Å². The molecule has 27 heavy (non-hydrogen) atoms. The van der Waals surface area contributed by atoms with Crippen LogP contribution in [0.1, 0.15) is 15.9 Å². The molecule has 3 aromatic carbocycles. The fourth-order valence-corrected chi connectivity index (χ4v) is 3.42. The Bertz CT molecular complexity index is 1090. The fraction of sp³-hybridized carbons (Fsp3) is 0.0435. The summed E-state index contributed by atoms with van der Waals surface area (Å²) in [5.41, 5.74) is 4.01. The standard InChI is InChI=1S/C23H17BrN2O/c24-19-9-6-17(7-10-19)23(27)26-14-18-8-11-20(16-4-2-1-3-5-16)21-12-13-25-15-22(18)21/h1-13,15H,14H2,(H,26,27). The second-order valence-corrected chi connectivity index (χ2v) is 7.16. The Kier molecular flexibility index (Phi) is 4.99. The zero-order valence-corrected chi connectivity index (χ0v) is 16.1. The van der Waals surface area contributed by atoms with Crippen LogP contribution >= 0.6 is 15.9 Å². The molecule has 1 aromatic heterocycles. The van der Waals surface area contributed by atoms with Crippen LogP contribution in [0.5, 0.6) is 0 Å². The number of carbonyl (C=O) groups is 1. The Balaban J connectivity index is 1.63. The highest BCUT2D eigenvalue weighted by Crippen LogP contribution is 2.30. The Labute approximate surface area is 166 Å². The van der Waals surface area contributed by atoms with Crippen LogP contribution in [-0.4, -0.2) is 10.9 Å². The second kappa shape index (κ2) is 7.72. The third kappa shape index (κ3) is 3.76. The van der Waals surface area contributed by atoms with Crippen molar-refractivity contribution in [2.45, 2.75) is 6.54 Å². The lowest BCUT2D eigenvalue weighted by atomic mass is 9.96. The van der Waals surface area contributed by atoms with Crippen LogP contribution in [0.15, 0.2) is 89.7 Å². The molecule has 4 rings (SSSR count). The van der Waals surface area contributed by atoms with E-state index in [0.717, 1.165) is 26.4 Å². The fourth-order valence-electron chi connectivity index (χ4n) is 3.15. The van der Waals surface area contributed by atoms with E-state index < -0.39 is 0 Å². The number of nitrogens with zero attached hydrogens (tertiary/aromatic N) is 1. The van der Waals surface area contributed by atoms with E-state index in [4.69, 9.17) is 0 Å². The molecule has 0 unspecified atom stereocenters. The molecule has 1 N–H and O–H groups in total. The van der Waals surface area contributed by atoms with Gasteiger partial charge in [0, 0.05) is 34.4 Å². The summed E-state index contributed by atoms with van der Waals surface area (Å²) in [5.74, 6) is -0.0910. The van der Waals surface area contributed by atoms with Crippen LogP contribution in [-0.2, 0) is 6.54 Å². The number of hydrogen-bond donors (Lipinski definition) is 1. The largest absolute Gasteiger partial charge is 0.348 e. The minimum atomic E-state index is -0.0910. The van der Waals surface area contributed by atoms with Gasteiger partial charge in [0.05, 0.1) is 0 Å². The number of pyridine rings is 1. The van der Waals surface area contributed by atoms with Crippen LogP contribution < -0.4 is 5.32 Å². The number of rotatable bonds is 4. The van der Waals surface area contributed by atoms with E-state index in [1.165, 1.54) is 5.56 Å². The quantitative estimate of drug-likeness (QED) is 0.470. The molecule has 0 aliphatic rings. The summed E-state index contributed by atoms with van der Waals surface area (Å²) >= 11 is 3.38. The van der Waals surface area contributed by atoms with Crippen molar-refractivity contribution in [3.63, 3.8) is 0 Å². The van der Waals surface area contributed by atoms with E-state index in [1.54, 1.807) is 18.3 Å². The van der Waals surface area contributed by atoms with E-state index in [0.29, 0.717) is 12.1 Å². The number of amides is 1. The van der Waals surface area contributed by atoms with Crippen molar-refractivity contribution in [3.05, 3.63) is 101 Å². The van der Waals surface area contributed by atoms with Crippen molar-refractivity contribution in [1.29, 1.82) is 0 Å². The average Bonchev–Trinajstić information content (AvgIpc) is 2.73.